The minimum absolute atomic E-state index is 0. The molecular formula is C18H26Cl3N5O. The maximum absolute atomic E-state index is 6.15. The number of rotatable bonds is 6. The first-order valence-corrected chi connectivity index (χ1v) is 8.86. The van der Waals surface area contributed by atoms with Crippen molar-refractivity contribution in [2.45, 2.75) is 38.3 Å². The molecule has 4 N–H and O–H groups in total. The number of hydrogen-bond donors (Lipinski definition) is 2. The van der Waals surface area contributed by atoms with E-state index in [9.17, 15) is 0 Å². The summed E-state index contributed by atoms with van der Waals surface area (Å²) in [5.41, 5.74) is 13.8. The van der Waals surface area contributed by atoms with Gasteiger partial charge in [0.2, 0.25) is 5.95 Å². The van der Waals surface area contributed by atoms with Crippen molar-refractivity contribution in [3.8, 4) is 5.75 Å². The van der Waals surface area contributed by atoms with E-state index >= 15 is 0 Å². The Labute approximate surface area is 177 Å². The summed E-state index contributed by atoms with van der Waals surface area (Å²) >= 11 is 6.15. The third-order valence-electron chi connectivity index (χ3n) is 4.46. The summed E-state index contributed by atoms with van der Waals surface area (Å²) in [6.45, 7) is 3.17. The molecule has 0 bridgehead atoms. The molecule has 0 spiro atoms. The van der Waals surface area contributed by atoms with Gasteiger partial charge in [0.25, 0.3) is 0 Å². The van der Waals surface area contributed by atoms with Gasteiger partial charge >= 0.3 is 0 Å². The van der Waals surface area contributed by atoms with Crippen LogP contribution in [0.15, 0.2) is 24.3 Å². The van der Waals surface area contributed by atoms with Crippen LogP contribution in [0.5, 0.6) is 5.75 Å². The molecule has 1 aromatic carbocycles. The van der Waals surface area contributed by atoms with Crippen molar-refractivity contribution < 1.29 is 4.74 Å². The van der Waals surface area contributed by atoms with E-state index in [1.165, 1.54) is 0 Å². The quantitative estimate of drug-likeness (QED) is 0.718. The van der Waals surface area contributed by atoms with E-state index < -0.39 is 0 Å². The van der Waals surface area contributed by atoms with Crippen molar-refractivity contribution in [3.63, 3.8) is 0 Å². The second-order valence-electron chi connectivity index (χ2n) is 6.48. The molecule has 150 valence electrons. The maximum Gasteiger partial charge on any atom is 0.222 e. The predicted molar refractivity (Wildman–Crippen MR) is 116 cm³/mol. The van der Waals surface area contributed by atoms with Crippen LogP contribution in [0.2, 0.25) is 5.02 Å². The Morgan fingerprint density at radius 3 is 2.56 bits per heavy atom. The van der Waals surface area contributed by atoms with E-state index in [-0.39, 0.29) is 36.8 Å². The minimum atomic E-state index is 0. The molecule has 27 heavy (non-hydrogen) atoms. The average molecular weight is 435 g/mol. The Bertz CT molecular complexity index is 756. The summed E-state index contributed by atoms with van der Waals surface area (Å²) in [5, 5.41) is 0.679. The van der Waals surface area contributed by atoms with Gasteiger partial charge in [0, 0.05) is 42.2 Å². The van der Waals surface area contributed by atoms with E-state index in [0.717, 1.165) is 35.7 Å². The Morgan fingerprint density at radius 1 is 1.22 bits per heavy atom. The summed E-state index contributed by atoms with van der Waals surface area (Å²) in [7, 11) is 1.97. The SMILES string of the molecule is CCOc1ccc(Cl)cc1CN(C)c1cc(C2CC(N)C2)nc(N)n1.Cl.Cl. The van der Waals surface area contributed by atoms with E-state index in [4.69, 9.17) is 27.8 Å². The number of nitrogens with zero attached hydrogens (tertiary/aromatic N) is 3. The number of aromatic nitrogens is 2. The van der Waals surface area contributed by atoms with Crippen molar-refractivity contribution >= 4 is 48.2 Å². The summed E-state index contributed by atoms with van der Waals surface area (Å²) in [4.78, 5) is 10.8. The number of benzene rings is 1. The lowest BCUT2D eigenvalue weighted by Crippen LogP contribution is -2.35. The zero-order chi connectivity index (χ0) is 18.0. The lowest BCUT2D eigenvalue weighted by Gasteiger charge is -2.32. The number of nitrogen functional groups attached to an aromatic ring is 1. The highest BCUT2D eigenvalue weighted by Crippen LogP contribution is 2.36. The molecule has 6 nitrogen and oxygen atoms in total. The first-order chi connectivity index (χ1) is 12.0. The van der Waals surface area contributed by atoms with Gasteiger partial charge < -0.3 is 21.1 Å². The second kappa shape index (κ2) is 10.2. The summed E-state index contributed by atoms with van der Waals surface area (Å²) in [6, 6.07) is 7.90. The second-order valence-corrected chi connectivity index (χ2v) is 6.92. The molecule has 3 rings (SSSR count). The van der Waals surface area contributed by atoms with E-state index in [1.54, 1.807) is 0 Å². The summed E-state index contributed by atoms with van der Waals surface area (Å²) < 4.78 is 5.70. The first kappa shape index (κ1) is 23.6. The standard InChI is InChI=1S/C18H24ClN5O.2ClH/c1-3-25-16-5-4-13(19)6-12(16)10-24(2)17-9-15(22-18(21)23-17)11-7-14(20)8-11;;/h4-6,9,11,14H,3,7-8,10,20H2,1-2H3,(H2,21,22,23);2*1H. The Morgan fingerprint density at radius 2 is 1.93 bits per heavy atom. The van der Waals surface area contributed by atoms with Gasteiger partial charge in [-0.25, -0.2) is 4.98 Å². The van der Waals surface area contributed by atoms with E-state index in [0.29, 0.717) is 24.1 Å². The fourth-order valence-electron chi connectivity index (χ4n) is 3.08. The van der Waals surface area contributed by atoms with Gasteiger partial charge in [-0.15, -0.1) is 24.8 Å². The number of hydrogen-bond acceptors (Lipinski definition) is 6. The van der Waals surface area contributed by atoms with Crippen LogP contribution in [0.4, 0.5) is 11.8 Å². The summed E-state index contributed by atoms with van der Waals surface area (Å²) in [6.07, 6.45) is 1.89. The van der Waals surface area contributed by atoms with Crippen molar-refractivity contribution in [1.29, 1.82) is 0 Å². The molecule has 0 saturated heterocycles. The molecule has 1 fully saturated rings. The van der Waals surface area contributed by atoms with Gasteiger partial charge in [-0.3, -0.25) is 0 Å². The number of anilines is 2. The zero-order valence-electron chi connectivity index (χ0n) is 15.4. The fraction of sp³-hybridized carbons (Fsp3) is 0.444. The highest BCUT2D eigenvalue weighted by Gasteiger charge is 2.29. The summed E-state index contributed by atoms with van der Waals surface area (Å²) in [5.74, 6) is 2.27. The average Bonchev–Trinajstić information content (AvgIpc) is 2.54. The van der Waals surface area contributed by atoms with Crippen LogP contribution in [0, 0.1) is 0 Å². The third-order valence-corrected chi connectivity index (χ3v) is 4.70. The third kappa shape index (κ3) is 5.75. The largest absolute Gasteiger partial charge is 0.494 e. The van der Waals surface area contributed by atoms with Crippen LogP contribution < -0.4 is 21.1 Å². The van der Waals surface area contributed by atoms with E-state index in [1.807, 2.05) is 43.1 Å². The molecule has 1 saturated carbocycles. The number of halogens is 3. The maximum atomic E-state index is 6.15. The van der Waals surface area contributed by atoms with Crippen LogP contribution in [0.25, 0.3) is 0 Å². The molecule has 2 aromatic rings. The molecule has 1 aromatic heterocycles. The van der Waals surface area contributed by atoms with Gasteiger partial charge in [-0.2, -0.15) is 4.98 Å². The molecule has 0 atom stereocenters. The molecule has 1 aliphatic carbocycles. The monoisotopic (exact) mass is 433 g/mol. The zero-order valence-corrected chi connectivity index (χ0v) is 17.8. The van der Waals surface area contributed by atoms with Crippen LogP contribution in [-0.2, 0) is 6.54 Å². The smallest absolute Gasteiger partial charge is 0.222 e. The van der Waals surface area contributed by atoms with Gasteiger partial charge in [0.1, 0.15) is 11.6 Å². The van der Waals surface area contributed by atoms with Gasteiger partial charge in [-0.05, 0) is 38.0 Å². The van der Waals surface area contributed by atoms with Crippen molar-refractivity contribution in [2.75, 3.05) is 24.3 Å². The lowest BCUT2D eigenvalue weighted by molar-refractivity contribution is 0.336. The minimum Gasteiger partial charge on any atom is -0.494 e. The Hall–Kier alpha value is -1.47. The normalized spacial score (nSPS) is 17.9. The molecule has 0 radical (unpaired) electrons. The molecule has 1 heterocycles. The lowest BCUT2D eigenvalue weighted by atomic mass is 9.78. The number of nitrogens with two attached hydrogens (primary N) is 2. The Balaban J connectivity index is 0.00000182. The van der Waals surface area contributed by atoms with Crippen LogP contribution in [0.3, 0.4) is 0 Å². The van der Waals surface area contributed by atoms with Crippen LogP contribution in [0.1, 0.15) is 36.9 Å². The highest BCUT2D eigenvalue weighted by molar-refractivity contribution is 6.30. The van der Waals surface area contributed by atoms with Crippen LogP contribution in [-0.4, -0.2) is 29.7 Å². The van der Waals surface area contributed by atoms with Crippen molar-refractivity contribution in [2.24, 2.45) is 5.73 Å². The predicted octanol–water partition coefficient (Wildman–Crippen LogP) is 3.80. The molecule has 0 aliphatic heterocycles. The molecule has 0 unspecified atom stereocenters. The molecule has 1 aliphatic rings. The fourth-order valence-corrected chi connectivity index (χ4v) is 3.28. The topological polar surface area (TPSA) is 90.3 Å². The van der Waals surface area contributed by atoms with Gasteiger partial charge in [-0.1, -0.05) is 11.6 Å². The highest BCUT2D eigenvalue weighted by atomic mass is 35.5. The van der Waals surface area contributed by atoms with Gasteiger partial charge in [0.05, 0.1) is 12.3 Å². The van der Waals surface area contributed by atoms with Gasteiger partial charge in [0.15, 0.2) is 0 Å². The number of ether oxygens (including phenoxy) is 1. The van der Waals surface area contributed by atoms with Crippen LogP contribution >= 0.6 is 36.4 Å². The molecule has 0 amide bonds. The van der Waals surface area contributed by atoms with Crippen molar-refractivity contribution in [3.05, 3.63) is 40.5 Å². The van der Waals surface area contributed by atoms with Crippen molar-refractivity contribution in [1.82, 2.24) is 9.97 Å². The molecule has 9 heteroatoms. The molecular weight excluding hydrogens is 409 g/mol. The van der Waals surface area contributed by atoms with E-state index in [2.05, 4.69) is 9.97 Å². The Kier molecular flexibility index (Phi) is 8.88. The first-order valence-electron chi connectivity index (χ1n) is 8.48.